The van der Waals surface area contributed by atoms with Crippen LogP contribution >= 0.6 is 0 Å². The Morgan fingerprint density at radius 3 is 2.67 bits per heavy atom. The molecule has 132 valence electrons. The maximum Gasteiger partial charge on any atom is 0.222 e. The largest absolute Gasteiger partial charge is 0.395 e. The summed E-state index contributed by atoms with van der Waals surface area (Å²) in [4.78, 5) is 16.2. The first-order valence-corrected chi connectivity index (χ1v) is 8.87. The lowest BCUT2D eigenvalue weighted by Crippen LogP contribution is -2.51. The van der Waals surface area contributed by atoms with E-state index in [4.69, 9.17) is 5.11 Å². The van der Waals surface area contributed by atoms with E-state index in [1.807, 2.05) is 17.9 Å². The van der Waals surface area contributed by atoms with Gasteiger partial charge in [0, 0.05) is 26.1 Å². The number of β-amino-alcohol motifs (C(OH)–C–C–N with tert-alkyl or cyclic N) is 1. The average molecular weight is 334 g/mol. The highest BCUT2D eigenvalue weighted by atomic mass is 19.1. The van der Waals surface area contributed by atoms with Gasteiger partial charge in [0.15, 0.2) is 0 Å². The number of halogens is 1. The van der Waals surface area contributed by atoms with E-state index in [0.717, 1.165) is 51.0 Å². The number of amides is 1. The topological polar surface area (TPSA) is 43.8 Å². The normalized spacial score (nSPS) is 21.5. The van der Waals surface area contributed by atoms with E-state index in [1.165, 1.54) is 11.6 Å². The SMILES string of the molecule is Cc1cc(F)ccc1CN1CCC2(CCC(=O)N(CCO)C2)CC1. The minimum Gasteiger partial charge on any atom is -0.395 e. The molecule has 2 aliphatic rings. The molecule has 2 fully saturated rings. The first-order valence-electron chi connectivity index (χ1n) is 8.87. The van der Waals surface area contributed by atoms with E-state index in [9.17, 15) is 9.18 Å². The van der Waals surface area contributed by atoms with Gasteiger partial charge in [0.25, 0.3) is 0 Å². The lowest BCUT2D eigenvalue weighted by atomic mass is 9.72. The van der Waals surface area contributed by atoms with Crippen LogP contribution in [0.2, 0.25) is 0 Å². The molecule has 24 heavy (non-hydrogen) atoms. The molecule has 5 heteroatoms. The number of piperidine rings is 2. The van der Waals surface area contributed by atoms with Crippen molar-refractivity contribution in [2.45, 2.75) is 39.2 Å². The van der Waals surface area contributed by atoms with Crippen LogP contribution in [-0.4, -0.2) is 53.6 Å². The third-order valence-corrected chi connectivity index (χ3v) is 5.73. The van der Waals surface area contributed by atoms with Gasteiger partial charge in [-0.1, -0.05) is 6.07 Å². The van der Waals surface area contributed by atoms with Crippen LogP contribution in [0, 0.1) is 18.2 Å². The number of hydrogen-bond acceptors (Lipinski definition) is 3. The van der Waals surface area contributed by atoms with Gasteiger partial charge in [0.2, 0.25) is 5.91 Å². The first-order chi connectivity index (χ1) is 11.5. The van der Waals surface area contributed by atoms with Crippen molar-refractivity contribution in [3.8, 4) is 0 Å². The number of aliphatic hydroxyl groups excluding tert-OH is 1. The van der Waals surface area contributed by atoms with Gasteiger partial charge in [0.05, 0.1) is 6.61 Å². The van der Waals surface area contributed by atoms with E-state index in [-0.39, 0.29) is 23.7 Å². The highest BCUT2D eigenvalue weighted by molar-refractivity contribution is 5.77. The smallest absolute Gasteiger partial charge is 0.222 e. The first kappa shape index (κ1) is 17.4. The summed E-state index contributed by atoms with van der Waals surface area (Å²) in [5.41, 5.74) is 2.41. The van der Waals surface area contributed by atoms with Gasteiger partial charge in [-0.25, -0.2) is 4.39 Å². The van der Waals surface area contributed by atoms with Gasteiger partial charge in [-0.3, -0.25) is 9.69 Å². The fraction of sp³-hybridized carbons (Fsp3) is 0.632. The number of nitrogens with zero attached hydrogens (tertiary/aromatic N) is 2. The van der Waals surface area contributed by atoms with Gasteiger partial charge < -0.3 is 10.0 Å². The molecule has 0 aliphatic carbocycles. The highest BCUT2D eigenvalue weighted by Crippen LogP contribution is 2.40. The second-order valence-electron chi connectivity index (χ2n) is 7.39. The van der Waals surface area contributed by atoms with Crippen molar-refractivity contribution < 1.29 is 14.3 Å². The summed E-state index contributed by atoms with van der Waals surface area (Å²) in [6.07, 6.45) is 3.75. The van der Waals surface area contributed by atoms with Crippen LogP contribution in [0.25, 0.3) is 0 Å². The Bertz CT molecular complexity index is 597. The second kappa shape index (κ2) is 7.19. The highest BCUT2D eigenvalue weighted by Gasteiger charge is 2.40. The van der Waals surface area contributed by atoms with Crippen LogP contribution < -0.4 is 0 Å². The van der Waals surface area contributed by atoms with Crippen LogP contribution in [0.5, 0.6) is 0 Å². The summed E-state index contributed by atoms with van der Waals surface area (Å²) in [6.45, 7) is 6.13. The minimum absolute atomic E-state index is 0.0395. The molecule has 4 nitrogen and oxygen atoms in total. The fourth-order valence-electron chi connectivity index (χ4n) is 4.10. The van der Waals surface area contributed by atoms with Crippen molar-refractivity contribution in [1.29, 1.82) is 0 Å². The van der Waals surface area contributed by atoms with Crippen molar-refractivity contribution in [2.75, 3.05) is 32.8 Å². The molecule has 3 rings (SSSR count). The van der Waals surface area contributed by atoms with Crippen molar-refractivity contribution in [3.63, 3.8) is 0 Å². The van der Waals surface area contributed by atoms with Crippen LogP contribution in [0.1, 0.15) is 36.8 Å². The van der Waals surface area contributed by atoms with Crippen molar-refractivity contribution in [1.82, 2.24) is 9.80 Å². The standard InChI is InChI=1S/C19H27FN2O2/c1-15-12-17(20)3-2-16(15)13-21-8-6-19(7-9-21)5-4-18(24)22(14-19)10-11-23/h2-3,12,23H,4-11,13-14H2,1H3. The third kappa shape index (κ3) is 3.78. The zero-order valence-corrected chi connectivity index (χ0v) is 14.4. The molecule has 0 atom stereocenters. The van der Waals surface area contributed by atoms with Gasteiger partial charge in [-0.15, -0.1) is 0 Å². The van der Waals surface area contributed by atoms with Crippen LogP contribution in [-0.2, 0) is 11.3 Å². The minimum atomic E-state index is -0.176. The molecule has 1 aromatic carbocycles. The van der Waals surface area contributed by atoms with E-state index >= 15 is 0 Å². The van der Waals surface area contributed by atoms with E-state index in [1.54, 1.807) is 6.07 Å². The van der Waals surface area contributed by atoms with Crippen molar-refractivity contribution in [2.24, 2.45) is 5.41 Å². The zero-order valence-electron chi connectivity index (χ0n) is 14.4. The molecule has 2 saturated heterocycles. The number of rotatable bonds is 4. The average Bonchev–Trinajstić information content (AvgIpc) is 2.56. The Morgan fingerprint density at radius 2 is 2.00 bits per heavy atom. The molecule has 2 heterocycles. The summed E-state index contributed by atoms with van der Waals surface area (Å²) in [5.74, 6) is 0.00346. The Balaban J connectivity index is 1.58. The van der Waals surface area contributed by atoms with Crippen molar-refractivity contribution in [3.05, 3.63) is 35.1 Å². The lowest BCUT2D eigenvalue weighted by molar-refractivity contribution is -0.139. The second-order valence-corrected chi connectivity index (χ2v) is 7.39. The van der Waals surface area contributed by atoms with Gasteiger partial charge >= 0.3 is 0 Å². The Hall–Kier alpha value is -1.46. The summed E-state index contributed by atoms with van der Waals surface area (Å²) in [5, 5.41) is 9.15. The quantitative estimate of drug-likeness (QED) is 0.919. The number of carbonyl (C=O) groups excluding carboxylic acids is 1. The molecule has 2 aliphatic heterocycles. The molecule has 0 bridgehead atoms. The van der Waals surface area contributed by atoms with Gasteiger partial charge in [-0.2, -0.15) is 0 Å². The lowest BCUT2D eigenvalue weighted by Gasteiger charge is -2.47. The molecule has 1 spiro atoms. The number of aryl methyl sites for hydroxylation is 1. The predicted molar refractivity (Wildman–Crippen MR) is 91.0 cm³/mol. The summed E-state index contributed by atoms with van der Waals surface area (Å²) >= 11 is 0. The van der Waals surface area contributed by atoms with Crippen LogP contribution in [0.4, 0.5) is 4.39 Å². The third-order valence-electron chi connectivity index (χ3n) is 5.73. The van der Waals surface area contributed by atoms with Crippen LogP contribution in [0.3, 0.4) is 0 Å². The van der Waals surface area contributed by atoms with Gasteiger partial charge in [-0.05, 0) is 68.0 Å². The number of likely N-dealkylation sites (tertiary alicyclic amines) is 2. The summed E-state index contributed by atoms with van der Waals surface area (Å²) in [7, 11) is 0. The monoisotopic (exact) mass is 334 g/mol. The summed E-state index contributed by atoms with van der Waals surface area (Å²) < 4.78 is 13.2. The zero-order chi connectivity index (χ0) is 17.2. The predicted octanol–water partition coefficient (Wildman–Crippen LogP) is 2.33. The summed E-state index contributed by atoms with van der Waals surface area (Å²) in [6, 6.07) is 5.02. The Morgan fingerprint density at radius 1 is 1.25 bits per heavy atom. The van der Waals surface area contributed by atoms with Gasteiger partial charge in [0.1, 0.15) is 5.82 Å². The molecule has 1 aromatic rings. The maximum atomic E-state index is 13.2. The number of carbonyl (C=O) groups is 1. The molecule has 1 N–H and O–H groups in total. The fourth-order valence-corrected chi connectivity index (χ4v) is 4.10. The van der Waals surface area contributed by atoms with Crippen molar-refractivity contribution >= 4 is 5.91 Å². The molecule has 0 radical (unpaired) electrons. The molecule has 0 unspecified atom stereocenters. The number of hydrogen-bond donors (Lipinski definition) is 1. The molecular formula is C19H27FN2O2. The maximum absolute atomic E-state index is 13.2. The number of aliphatic hydroxyl groups is 1. The molecule has 0 aromatic heterocycles. The van der Waals surface area contributed by atoms with E-state index in [2.05, 4.69) is 4.90 Å². The number of benzene rings is 1. The Kier molecular flexibility index (Phi) is 5.21. The van der Waals surface area contributed by atoms with E-state index < -0.39 is 0 Å². The van der Waals surface area contributed by atoms with E-state index in [0.29, 0.717) is 13.0 Å². The molecule has 0 saturated carbocycles. The molecular weight excluding hydrogens is 307 g/mol. The Labute approximate surface area is 143 Å². The molecule has 1 amide bonds. The van der Waals surface area contributed by atoms with Crippen LogP contribution in [0.15, 0.2) is 18.2 Å².